The van der Waals surface area contributed by atoms with E-state index in [4.69, 9.17) is 65.8 Å². The van der Waals surface area contributed by atoms with E-state index in [0.29, 0.717) is 30.4 Å². The number of carboxylic acids is 3. The van der Waals surface area contributed by atoms with Crippen LogP contribution in [-0.2, 0) is 38.8 Å². The van der Waals surface area contributed by atoms with Crippen molar-refractivity contribution in [2.45, 2.75) is 38.9 Å². The molecule has 107 heavy (non-hydrogen) atoms. The monoisotopic (exact) mass is 1830 g/mol. The van der Waals surface area contributed by atoms with E-state index in [1.807, 2.05) is 27.7 Å². The molecule has 7 aromatic rings. The standard InChI is InChI=1S/C11H14BClFNO2.C9H9BrFNO4S.C9H8BrFO3.C8H6BrFO3.C8H7FO3.C7H4BrFO3.C7H5FO3.CH5NO2S.2Li.4H2O/c1-10(2)11(3,4)17-12(16-10)7-5-8(13)9(14)15-6-7;1-16-8-3-5(7(11)4-6(8)10)9(13)12-17(2,14)15;1-13-8-3-5(9(12)14-2)7(11)4-6(8)10;1-13-7-2-4(8(11)12)6(10)3-5(7)9;1-12-8(11)6-4-5(10)2-3-7(6)9;8-4-2-5(9)3(7(11)12)1-6(4)10;8-6-2-1-4(9)3-5(6)7(10)11;1-5(2,3)4;;;;;;/h5-6H,1-4H3;3-4H,1-2H3,(H,12,13);3-4H,1-2H3;2-3H,1H3,(H,11,12);2-4,10H,1H3;1-2,10H,(H,11,12);1-3,9H,(H,10,11);1H3,(H2,2,3,4);;;4*1H2/q;;;;;;;;2*+1;;;;/p-2. The Balaban J connectivity index is -0.000000274. The van der Waals surface area contributed by atoms with Gasteiger partial charge in [0.05, 0.1) is 116 Å². The van der Waals surface area contributed by atoms with Gasteiger partial charge in [-0.3, -0.25) is 4.79 Å². The van der Waals surface area contributed by atoms with E-state index in [1.54, 1.807) is 4.72 Å². The van der Waals surface area contributed by atoms with Crippen molar-refractivity contribution in [3.63, 3.8) is 0 Å². The van der Waals surface area contributed by atoms with E-state index >= 15 is 0 Å². The molecular weight excluding hydrogens is 1770 g/mol. The number of phenolic OH excluding ortho intramolecular Hbond substituents is 3. The number of primary sulfonamides is 1. The number of amides is 1. The number of nitrogens with zero attached hydrogens (tertiary/aromatic N) is 1. The van der Waals surface area contributed by atoms with Gasteiger partial charge >= 0.3 is 74.7 Å². The topological polar surface area (TPSA) is 531 Å². The third-order valence-corrected chi connectivity index (χ3v) is 15.3. The maximum absolute atomic E-state index is 13.5. The Morgan fingerprint density at radius 2 is 0.813 bits per heavy atom. The number of carbonyl (C=O) groups excluding carboxylic acids is 3. The van der Waals surface area contributed by atoms with Crippen molar-refractivity contribution in [2.24, 2.45) is 5.14 Å². The van der Waals surface area contributed by atoms with Gasteiger partial charge in [-0.1, -0.05) is 11.6 Å². The summed E-state index contributed by atoms with van der Waals surface area (Å²) in [5.41, 5.74) is -2.53. The number of hydrogen-bond donors (Lipinski definition) is 8. The van der Waals surface area contributed by atoms with Crippen LogP contribution in [0.25, 0.3) is 0 Å². The molecular formula is C60H64BBr4ClF7Li2N3O27S2. The first-order valence-corrected chi connectivity index (χ1v) is 34.1. The predicted molar refractivity (Wildman–Crippen MR) is 375 cm³/mol. The van der Waals surface area contributed by atoms with Gasteiger partial charge in [0.15, 0.2) is 0 Å². The number of rotatable bonds is 11. The summed E-state index contributed by atoms with van der Waals surface area (Å²) in [5.74, 6) is -11.9. The van der Waals surface area contributed by atoms with Crippen molar-refractivity contribution in [3.05, 3.63) is 194 Å². The predicted octanol–water partition coefficient (Wildman–Crippen LogP) is 3.59. The van der Waals surface area contributed by atoms with Crippen LogP contribution in [0.5, 0.6) is 34.5 Å². The normalized spacial score (nSPS) is 11.4. The largest absolute Gasteiger partial charge is 1.00 e. The number of benzene rings is 6. The van der Waals surface area contributed by atoms with Crippen molar-refractivity contribution < 1.29 is 200 Å². The number of nitrogens with two attached hydrogens (primary N) is 1. The van der Waals surface area contributed by atoms with Gasteiger partial charge in [-0.25, -0.2) is 82.0 Å². The molecule has 30 nitrogen and oxygen atoms in total. The molecule has 1 aliphatic heterocycles. The second-order valence-electron chi connectivity index (χ2n) is 20.1. The quantitative estimate of drug-likeness (QED) is 0.0397. The zero-order valence-corrected chi connectivity index (χ0v) is 66.4. The Kier molecular flexibility index (Phi) is 51.4. The molecule has 1 aromatic heterocycles. The molecule has 582 valence electrons. The van der Waals surface area contributed by atoms with Crippen LogP contribution in [0.15, 0.2) is 115 Å². The van der Waals surface area contributed by atoms with E-state index in [1.165, 1.54) is 46.8 Å². The van der Waals surface area contributed by atoms with Gasteiger partial charge in [-0.15, -0.1) is 0 Å². The van der Waals surface area contributed by atoms with E-state index < -0.39 is 137 Å². The first-order chi connectivity index (χ1) is 46.4. The number of halogens is 12. The third-order valence-electron chi connectivity index (χ3n) is 12.0. The Morgan fingerprint density at radius 1 is 0.514 bits per heavy atom. The SMILES string of the molecule is CC1(C)OB(c2cnc(F)c(Cl)c2)OC1(C)C.COC(=O)c1cc(O)ccc1F.COC(=O)c1cc(OC)c(Br)cc1F.COc1cc(C(=O)NS(C)(=O)=O)c(F)cc1Br.COc1cc(C(=O)O)c(F)cc1Br.CS(N)(=O)=O.O.O.O=C(O)c1cc(O)c(Br)cc1F.O=C(O)c1cc(O)ccc1F.[Li+].[Li+].[OH-].[OH-]. The van der Waals surface area contributed by atoms with Gasteiger partial charge in [-0.05, 0) is 182 Å². The molecule has 1 saturated heterocycles. The average Bonchev–Trinajstić information content (AvgIpc) is 1.62. The summed E-state index contributed by atoms with van der Waals surface area (Å²) < 4.78 is 169. The van der Waals surface area contributed by atoms with E-state index in [-0.39, 0.29) is 103 Å². The summed E-state index contributed by atoms with van der Waals surface area (Å²) >= 11 is 17.7. The molecule has 0 atom stereocenters. The van der Waals surface area contributed by atoms with Crippen LogP contribution in [-0.4, -0.2) is 176 Å². The molecule has 1 amide bonds. The summed E-state index contributed by atoms with van der Waals surface area (Å²) in [6, 6.07) is 16.0. The molecule has 8 rings (SSSR count). The van der Waals surface area contributed by atoms with Crippen LogP contribution in [0.3, 0.4) is 0 Å². The second kappa shape index (κ2) is 49.7. The Bertz CT molecular complexity index is 4400. The number of sulfonamides is 2. The fourth-order valence-corrected chi connectivity index (χ4v) is 8.96. The van der Waals surface area contributed by atoms with Crippen LogP contribution in [0.4, 0.5) is 30.7 Å². The van der Waals surface area contributed by atoms with Crippen LogP contribution < -0.4 is 67.3 Å². The minimum absolute atomic E-state index is 0. The average molecular weight is 1840 g/mol. The van der Waals surface area contributed by atoms with Crippen LogP contribution in [0.2, 0.25) is 5.02 Å². The number of ether oxygens (including phenoxy) is 5. The molecule has 0 bridgehead atoms. The van der Waals surface area contributed by atoms with Crippen molar-refractivity contribution in [1.82, 2.24) is 9.71 Å². The van der Waals surface area contributed by atoms with E-state index in [2.05, 4.69) is 83.3 Å². The third kappa shape index (κ3) is 37.1. The molecule has 15 N–H and O–H groups in total. The summed E-state index contributed by atoms with van der Waals surface area (Å²) in [4.78, 5) is 67.9. The number of carbonyl (C=O) groups is 6. The smallest absolute Gasteiger partial charge is 0.870 e. The van der Waals surface area contributed by atoms with Gasteiger partial charge in [0.1, 0.15) is 69.4 Å². The minimum Gasteiger partial charge on any atom is -0.870 e. The molecule has 0 unspecified atom stereocenters. The number of aromatic nitrogens is 1. The fourth-order valence-electron chi connectivity index (χ4n) is 6.59. The fraction of sp³-hybridized carbons (Fsp3) is 0.217. The molecule has 0 spiro atoms. The number of esters is 2. The zero-order chi connectivity index (χ0) is 78.2. The maximum Gasteiger partial charge on any atom is 1.00 e. The number of nitrogens with one attached hydrogen (secondary N) is 1. The number of aromatic hydroxyl groups is 3. The number of carboxylic acid groups (broad SMARTS) is 3. The van der Waals surface area contributed by atoms with Crippen molar-refractivity contribution >= 4 is 144 Å². The van der Waals surface area contributed by atoms with E-state index in [0.717, 1.165) is 98.5 Å². The summed E-state index contributed by atoms with van der Waals surface area (Å²) in [7, 11) is -0.980. The number of pyridine rings is 1. The Hall–Kier alpha value is -7.31. The van der Waals surface area contributed by atoms with Gasteiger partial charge in [0.25, 0.3) is 5.91 Å². The van der Waals surface area contributed by atoms with Crippen molar-refractivity contribution in [3.8, 4) is 34.5 Å². The van der Waals surface area contributed by atoms with Crippen LogP contribution >= 0.6 is 75.3 Å². The number of phenols is 3. The van der Waals surface area contributed by atoms with Crippen LogP contribution in [0.1, 0.15) is 89.8 Å². The van der Waals surface area contributed by atoms with Crippen LogP contribution in [0, 0.1) is 40.9 Å². The maximum atomic E-state index is 13.5. The summed E-state index contributed by atoms with van der Waals surface area (Å²) in [6.07, 6.45) is 3.12. The number of hydrogen-bond acceptors (Lipinski definition) is 23. The van der Waals surface area contributed by atoms with Gasteiger partial charge in [0.2, 0.25) is 26.0 Å². The first kappa shape index (κ1) is 111. The molecule has 6 aromatic carbocycles. The summed E-state index contributed by atoms with van der Waals surface area (Å²) in [6.45, 7) is 7.80. The Morgan fingerprint density at radius 3 is 1.15 bits per heavy atom. The Labute approximate surface area is 668 Å². The van der Waals surface area contributed by atoms with Crippen molar-refractivity contribution in [2.75, 3.05) is 48.1 Å². The molecule has 1 aliphatic rings. The number of aromatic carboxylic acids is 3. The number of methoxy groups -OCH3 is 5. The van der Waals surface area contributed by atoms with Gasteiger partial charge in [-0.2, -0.15) is 4.39 Å². The van der Waals surface area contributed by atoms with E-state index in [9.17, 15) is 76.3 Å². The summed E-state index contributed by atoms with van der Waals surface area (Å²) in [5, 5.41) is 56.3. The van der Waals surface area contributed by atoms with Gasteiger partial charge in [0, 0.05) is 11.7 Å². The molecule has 0 radical (unpaired) electrons. The van der Waals surface area contributed by atoms with Gasteiger partial charge < -0.3 is 85.5 Å². The molecule has 0 saturated carbocycles. The minimum atomic E-state index is -3.74. The zero-order valence-electron chi connectivity index (χ0n) is 57.7. The first-order valence-electron chi connectivity index (χ1n) is 26.7. The second-order valence-corrected chi connectivity index (χ2v) is 27.3. The molecule has 1 fully saturated rings. The molecule has 47 heteroatoms. The van der Waals surface area contributed by atoms with Crippen molar-refractivity contribution in [1.29, 1.82) is 0 Å². The molecule has 2 heterocycles. The molecule has 0 aliphatic carbocycles.